The Morgan fingerprint density at radius 3 is 1.77 bits per heavy atom. The molecule has 2 N–H and O–H groups in total. The summed E-state index contributed by atoms with van der Waals surface area (Å²) in [7, 11) is 0. The highest BCUT2D eigenvalue weighted by atomic mass is 16.4. The molecule has 3 heteroatoms. The Labute approximate surface area is 193 Å². The first-order chi connectivity index (χ1) is 15.2. The number of carboxylic acids is 1. The van der Waals surface area contributed by atoms with E-state index in [1.54, 1.807) is 0 Å². The minimum atomic E-state index is -0.668. The number of carbonyl (C=O) groups is 1. The van der Waals surface area contributed by atoms with Crippen molar-refractivity contribution in [3.63, 3.8) is 0 Å². The summed E-state index contributed by atoms with van der Waals surface area (Å²) < 4.78 is 0. The third-order valence-electron chi connectivity index (χ3n) is 5.92. The first kappa shape index (κ1) is 29.9. The van der Waals surface area contributed by atoms with Gasteiger partial charge in [-0.1, -0.05) is 121 Å². The van der Waals surface area contributed by atoms with Crippen LogP contribution in [0.15, 0.2) is 24.3 Å². The highest BCUT2D eigenvalue weighted by Crippen LogP contribution is 2.14. The number of aliphatic hydroxyl groups excluding tert-OH is 1. The van der Waals surface area contributed by atoms with Gasteiger partial charge in [0.25, 0.3) is 0 Å². The Kier molecular flexibility index (Phi) is 24.3. The van der Waals surface area contributed by atoms with Crippen LogP contribution < -0.4 is 0 Å². The fourth-order valence-corrected chi connectivity index (χ4v) is 3.87. The number of hydrogen-bond acceptors (Lipinski definition) is 2. The molecule has 0 aromatic heterocycles. The van der Waals surface area contributed by atoms with Crippen LogP contribution in [-0.4, -0.2) is 22.3 Å². The molecule has 0 bridgehead atoms. The van der Waals surface area contributed by atoms with Crippen molar-refractivity contribution < 1.29 is 15.0 Å². The van der Waals surface area contributed by atoms with E-state index in [1.807, 2.05) is 0 Å². The number of aliphatic hydroxyl groups is 1. The standard InChI is InChI=1S/C28H52O3/c1-2-3-4-5-6-7-12-15-18-21-24-27(29)25-22-19-16-13-10-8-9-11-14-17-20-23-26-28(30)31/h7,12,18,21,27,29H,2-6,8-11,13-17,19-20,22-26H2,1H3,(H,30,31). The van der Waals surface area contributed by atoms with Crippen molar-refractivity contribution in [2.45, 2.75) is 148 Å². The van der Waals surface area contributed by atoms with Crippen LogP contribution in [0.2, 0.25) is 0 Å². The second kappa shape index (κ2) is 25.2. The largest absolute Gasteiger partial charge is 0.481 e. The maximum absolute atomic E-state index is 10.4. The first-order valence-electron chi connectivity index (χ1n) is 13.4. The summed E-state index contributed by atoms with van der Waals surface area (Å²) in [4.78, 5) is 10.4. The monoisotopic (exact) mass is 436 g/mol. The van der Waals surface area contributed by atoms with Crippen LogP contribution in [0.5, 0.6) is 0 Å². The van der Waals surface area contributed by atoms with Crippen molar-refractivity contribution in [3.8, 4) is 0 Å². The van der Waals surface area contributed by atoms with Gasteiger partial charge in [0.15, 0.2) is 0 Å². The second-order valence-corrected chi connectivity index (χ2v) is 9.09. The smallest absolute Gasteiger partial charge is 0.303 e. The summed E-state index contributed by atoms with van der Waals surface area (Å²) >= 11 is 0. The molecule has 0 aliphatic carbocycles. The van der Waals surface area contributed by atoms with Crippen molar-refractivity contribution in [1.29, 1.82) is 0 Å². The number of carboxylic acid groups (broad SMARTS) is 1. The van der Waals surface area contributed by atoms with Gasteiger partial charge in [-0.2, -0.15) is 0 Å². The summed E-state index contributed by atoms with van der Waals surface area (Å²) in [5, 5.41) is 18.7. The molecule has 0 spiro atoms. The minimum Gasteiger partial charge on any atom is -0.481 e. The predicted molar refractivity (Wildman–Crippen MR) is 135 cm³/mol. The molecule has 0 fully saturated rings. The maximum Gasteiger partial charge on any atom is 0.303 e. The molecule has 1 unspecified atom stereocenters. The Bertz CT molecular complexity index is 428. The molecule has 0 aromatic rings. The van der Waals surface area contributed by atoms with Crippen LogP contribution in [0.4, 0.5) is 0 Å². The van der Waals surface area contributed by atoms with Crippen molar-refractivity contribution in [2.75, 3.05) is 0 Å². The second-order valence-electron chi connectivity index (χ2n) is 9.09. The summed E-state index contributed by atoms with van der Waals surface area (Å²) in [6.45, 7) is 2.25. The van der Waals surface area contributed by atoms with Gasteiger partial charge >= 0.3 is 5.97 Å². The zero-order chi connectivity index (χ0) is 22.8. The molecule has 0 rings (SSSR count). The maximum atomic E-state index is 10.4. The van der Waals surface area contributed by atoms with Gasteiger partial charge in [0.2, 0.25) is 0 Å². The number of rotatable bonds is 24. The van der Waals surface area contributed by atoms with Crippen molar-refractivity contribution >= 4 is 5.97 Å². The number of unbranched alkanes of at least 4 members (excludes halogenated alkanes) is 15. The van der Waals surface area contributed by atoms with E-state index in [9.17, 15) is 9.90 Å². The van der Waals surface area contributed by atoms with Crippen LogP contribution in [0, 0.1) is 0 Å². The molecular weight excluding hydrogens is 384 g/mol. The SMILES string of the molecule is CCCCCCC=CCC=CCC(O)CCCCCCCCCCCCCCC(=O)O. The molecule has 182 valence electrons. The lowest BCUT2D eigenvalue weighted by molar-refractivity contribution is -0.137. The van der Waals surface area contributed by atoms with Gasteiger partial charge in [-0.3, -0.25) is 4.79 Å². The molecule has 0 aliphatic rings. The Morgan fingerprint density at radius 1 is 0.677 bits per heavy atom. The van der Waals surface area contributed by atoms with Gasteiger partial charge in [0.1, 0.15) is 0 Å². The van der Waals surface area contributed by atoms with E-state index in [0.717, 1.165) is 38.5 Å². The Hall–Kier alpha value is -1.09. The fraction of sp³-hybridized carbons (Fsp3) is 0.821. The first-order valence-corrected chi connectivity index (χ1v) is 13.4. The third kappa shape index (κ3) is 26.9. The summed E-state index contributed by atoms with van der Waals surface area (Å²) in [6, 6.07) is 0. The van der Waals surface area contributed by atoms with Crippen molar-refractivity contribution in [1.82, 2.24) is 0 Å². The summed E-state index contributed by atoms with van der Waals surface area (Å²) in [6.07, 6.45) is 32.8. The van der Waals surface area contributed by atoms with Gasteiger partial charge < -0.3 is 10.2 Å². The van der Waals surface area contributed by atoms with Gasteiger partial charge in [0.05, 0.1) is 6.10 Å². The molecule has 3 nitrogen and oxygen atoms in total. The van der Waals surface area contributed by atoms with Gasteiger partial charge in [-0.05, 0) is 38.5 Å². The van der Waals surface area contributed by atoms with E-state index >= 15 is 0 Å². The zero-order valence-electron chi connectivity index (χ0n) is 20.5. The zero-order valence-corrected chi connectivity index (χ0v) is 20.5. The van der Waals surface area contributed by atoms with Crippen LogP contribution in [-0.2, 0) is 4.79 Å². The summed E-state index contributed by atoms with van der Waals surface area (Å²) in [5.74, 6) is -0.668. The topological polar surface area (TPSA) is 57.5 Å². The molecule has 0 heterocycles. The van der Waals surface area contributed by atoms with Crippen LogP contribution >= 0.6 is 0 Å². The van der Waals surface area contributed by atoms with E-state index in [0.29, 0.717) is 6.42 Å². The lowest BCUT2D eigenvalue weighted by Crippen LogP contribution is -2.04. The van der Waals surface area contributed by atoms with E-state index in [1.165, 1.54) is 89.9 Å². The van der Waals surface area contributed by atoms with E-state index in [-0.39, 0.29) is 6.10 Å². The van der Waals surface area contributed by atoms with Crippen LogP contribution in [0.1, 0.15) is 142 Å². The van der Waals surface area contributed by atoms with Gasteiger partial charge in [0, 0.05) is 6.42 Å². The molecule has 1 atom stereocenters. The van der Waals surface area contributed by atoms with Crippen LogP contribution in [0.25, 0.3) is 0 Å². The molecule has 0 amide bonds. The molecule has 0 aromatic carbocycles. The van der Waals surface area contributed by atoms with E-state index in [4.69, 9.17) is 5.11 Å². The molecule has 0 radical (unpaired) electrons. The van der Waals surface area contributed by atoms with Crippen molar-refractivity contribution in [3.05, 3.63) is 24.3 Å². The molecule has 31 heavy (non-hydrogen) atoms. The molecule has 0 aliphatic heterocycles. The number of aliphatic carboxylic acids is 1. The molecular formula is C28H52O3. The van der Waals surface area contributed by atoms with Crippen LogP contribution in [0.3, 0.4) is 0 Å². The summed E-state index contributed by atoms with van der Waals surface area (Å²) in [5.41, 5.74) is 0. The Balaban J connectivity index is 3.27. The fourth-order valence-electron chi connectivity index (χ4n) is 3.87. The van der Waals surface area contributed by atoms with E-state index < -0.39 is 5.97 Å². The van der Waals surface area contributed by atoms with E-state index in [2.05, 4.69) is 31.2 Å². The Morgan fingerprint density at radius 2 is 1.19 bits per heavy atom. The van der Waals surface area contributed by atoms with Gasteiger partial charge in [-0.25, -0.2) is 0 Å². The average molecular weight is 437 g/mol. The lowest BCUT2D eigenvalue weighted by Gasteiger charge is -2.07. The normalized spacial score (nSPS) is 12.8. The number of allylic oxidation sites excluding steroid dienone is 3. The average Bonchev–Trinajstić information content (AvgIpc) is 2.75. The third-order valence-corrected chi connectivity index (χ3v) is 5.92. The lowest BCUT2D eigenvalue weighted by atomic mass is 10.0. The molecule has 0 saturated heterocycles. The highest BCUT2D eigenvalue weighted by molar-refractivity contribution is 5.66. The quantitative estimate of drug-likeness (QED) is 0.117. The predicted octanol–water partition coefficient (Wildman–Crippen LogP) is 8.76. The molecule has 0 saturated carbocycles. The minimum absolute atomic E-state index is 0.176. The van der Waals surface area contributed by atoms with Crippen molar-refractivity contribution in [2.24, 2.45) is 0 Å². The van der Waals surface area contributed by atoms with Gasteiger partial charge in [-0.15, -0.1) is 0 Å². The highest BCUT2D eigenvalue weighted by Gasteiger charge is 2.01. The number of hydrogen-bond donors (Lipinski definition) is 2.